The molecule has 0 aliphatic carbocycles. The molecular formula is C24H28N2O4. The summed E-state index contributed by atoms with van der Waals surface area (Å²) in [5.74, 6) is 1.75. The molecule has 0 bridgehead atoms. The Bertz CT molecular complexity index is 939. The van der Waals surface area contributed by atoms with E-state index in [9.17, 15) is 9.59 Å². The largest absolute Gasteiger partial charge is 0.454 e. The molecular weight excluding hydrogens is 380 g/mol. The third-order valence-electron chi connectivity index (χ3n) is 5.88. The molecule has 1 fully saturated rings. The number of likely N-dealkylation sites (tertiary alicyclic amines) is 1. The van der Waals surface area contributed by atoms with Crippen LogP contribution in [0.2, 0.25) is 0 Å². The molecule has 0 spiro atoms. The molecule has 158 valence electrons. The zero-order valence-electron chi connectivity index (χ0n) is 17.7. The summed E-state index contributed by atoms with van der Waals surface area (Å²) in [7, 11) is 0. The van der Waals surface area contributed by atoms with Crippen LogP contribution < -0.4 is 14.8 Å². The van der Waals surface area contributed by atoms with Gasteiger partial charge in [0, 0.05) is 13.0 Å². The van der Waals surface area contributed by atoms with Crippen molar-refractivity contribution in [1.82, 2.24) is 10.2 Å². The standard InChI is InChI=1S/C24H28N2O4/c1-15(2)18-5-7-19(8-6-18)16(3)25-24(28)20-9-11-23(27)26(20)13-17-4-10-21-22(12-17)30-14-29-21/h4-8,10,12,15-16,20H,9,11,13-14H2,1-3H3,(H,25,28). The maximum absolute atomic E-state index is 13.0. The van der Waals surface area contributed by atoms with Gasteiger partial charge in [-0.2, -0.15) is 0 Å². The molecule has 30 heavy (non-hydrogen) atoms. The molecule has 6 heteroatoms. The van der Waals surface area contributed by atoms with Gasteiger partial charge in [0.05, 0.1) is 6.04 Å². The van der Waals surface area contributed by atoms with E-state index in [0.29, 0.717) is 36.8 Å². The first-order valence-corrected chi connectivity index (χ1v) is 10.5. The second-order valence-corrected chi connectivity index (χ2v) is 8.32. The lowest BCUT2D eigenvalue weighted by Gasteiger charge is -2.26. The molecule has 2 aliphatic rings. The van der Waals surface area contributed by atoms with Gasteiger partial charge in [-0.05, 0) is 48.1 Å². The minimum Gasteiger partial charge on any atom is -0.454 e. The highest BCUT2D eigenvalue weighted by Crippen LogP contribution is 2.33. The topological polar surface area (TPSA) is 67.9 Å². The van der Waals surface area contributed by atoms with E-state index in [1.807, 2.05) is 25.1 Å². The van der Waals surface area contributed by atoms with Crippen molar-refractivity contribution in [3.63, 3.8) is 0 Å². The molecule has 2 aromatic carbocycles. The summed E-state index contributed by atoms with van der Waals surface area (Å²) in [5, 5.41) is 3.09. The summed E-state index contributed by atoms with van der Waals surface area (Å²) in [5.41, 5.74) is 3.25. The van der Waals surface area contributed by atoms with Gasteiger partial charge in [-0.15, -0.1) is 0 Å². The van der Waals surface area contributed by atoms with Gasteiger partial charge in [0.1, 0.15) is 6.04 Å². The van der Waals surface area contributed by atoms with E-state index in [1.165, 1.54) is 5.56 Å². The molecule has 1 N–H and O–H groups in total. The van der Waals surface area contributed by atoms with Crippen molar-refractivity contribution in [2.24, 2.45) is 0 Å². The Hall–Kier alpha value is -3.02. The fourth-order valence-corrected chi connectivity index (χ4v) is 4.00. The first-order valence-electron chi connectivity index (χ1n) is 10.5. The number of rotatable bonds is 6. The van der Waals surface area contributed by atoms with Crippen LogP contribution in [0.5, 0.6) is 11.5 Å². The van der Waals surface area contributed by atoms with Gasteiger partial charge in [-0.1, -0.05) is 44.2 Å². The number of benzene rings is 2. The van der Waals surface area contributed by atoms with Gasteiger partial charge in [0.15, 0.2) is 11.5 Å². The third-order valence-corrected chi connectivity index (χ3v) is 5.88. The van der Waals surface area contributed by atoms with Crippen molar-refractivity contribution in [3.05, 3.63) is 59.2 Å². The van der Waals surface area contributed by atoms with Crippen LogP contribution in [0.15, 0.2) is 42.5 Å². The SMILES string of the molecule is CC(C)c1ccc(C(C)NC(=O)C2CCC(=O)N2Cc2ccc3c(c2)OCO3)cc1. The van der Waals surface area contributed by atoms with Gasteiger partial charge in [-0.3, -0.25) is 9.59 Å². The van der Waals surface area contributed by atoms with Crippen LogP contribution in [-0.2, 0) is 16.1 Å². The van der Waals surface area contributed by atoms with Crippen molar-refractivity contribution in [2.75, 3.05) is 6.79 Å². The van der Waals surface area contributed by atoms with Crippen LogP contribution in [0.1, 0.15) is 62.3 Å². The van der Waals surface area contributed by atoms with Crippen LogP contribution >= 0.6 is 0 Å². The minimum absolute atomic E-state index is 0.00163. The minimum atomic E-state index is -0.458. The van der Waals surface area contributed by atoms with E-state index < -0.39 is 6.04 Å². The summed E-state index contributed by atoms with van der Waals surface area (Å²) in [4.78, 5) is 27.1. The average Bonchev–Trinajstić information content (AvgIpc) is 3.34. The number of amides is 2. The van der Waals surface area contributed by atoms with Crippen LogP contribution in [0.25, 0.3) is 0 Å². The van der Waals surface area contributed by atoms with Crippen molar-refractivity contribution in [1.29, 1.82) is 0 Å². The Balaban J connectivity index is 1.42. The lowest BCUT2D eigenvalue weighted by Crippen LogP contribution is -2.45. The zero-order valence-corrected chi connectivity index (χ0v) is 17.7. The fourth-order valence-electron chi connectivity index (χ4n) is 4.00. The predicted molar refractivity (Wildman–Crippen MR) is 113 cm³/mol. The lowest BCUT2D eigenvalue weighted by molar-refractivity contribution is -0.136. The number of ether oxygens (including phenoxy) is 2. The predicted octanol–water partition coefficient (Wildman–Crippen LogP) is 3.91. The van der Waals surface area contributed by atoms with E-state index >= 15 is 0 Å². The van der Waals surface area contributed by atoms with Crippen molar-refractivity contribution < 1.29 is 19.1 Å². The number of nitrogens with one attached hydrogen (secondary N) is 1. The maximum atomic E-state index is 13.0. The quantitative estimate of drug-likeness (QED) is 0.787. The molecule has 0 aromatic heterocycles. The molecule has 2 atom stereocenters. The number of hydrogen-bond donors (Lipinski definition) is 1. The third kappa shape index (κ3) is 4.13. The van der Waals surface area contributed by atoms with E-state index in [-0.39, 0.29) is 24.6 Å². The highest BCUT2D eigenvalue weighted by molar-refractivity contribution is 5.91. The molecule has 4 rings (SSSR count). The number of carbonyl (C=O) groups excluding carboxylic acids is 2. The number of carbonyl (C=O) groups is 2. The van der Waals surface area contributed by atoms with E-state index in [4.69, 9.17) is 9.47 Å². The molecule has 0 radical (unpaired) electrons. The van der Waals surface area contributed by atoms with Gasteiger partial charge < -0.3 is 19.7 Å². The molecule has 2 aromatic rings. The molecule has 2 unspecified atom stereocenters. The van der Waals surface area contributed by atoms with Gasteiger partial charge in [0.2, 0.25) is 18.6 Å². The summed E-state index contributed by atoms with van der Waals surface area (Å²) in [6.45, 7) is 6.88. The van der Waals surface area contributed by atoms with Crippen LogP contribution in [0, 0.1) is 0 Å². The normalized spacial score (nSPS) is 18.7. The monoisotopic (exact) mass is 408 g/mol. The van der Waals surface area contributed by atoms with Crippen molar-refractivity contribution in [3.8, 4) is 11.5 Å². The first-order chi connectivity index (χ1) is 14.4. The number of hydrogen-bond acceptors (Lipinski definition) is 4. The second-order valence-electron chi connectivity index (χ2n) is 8.32. The van der Waals surface area contributed by atoms with Crippen molar-refractivity contribution >= 4 is 11.8 Å². The molecule has 2 amide bonds. The molecule has 6 nitrogen and oxygen atoms in total. The van der Waals surface area contributed by atoms with Gasteiger partial charge in [0.25, 0.3) is 0 Å². The Labute approximate surface area is 177 Å². The Morgan fingerprint density at radius 2 is 1.77 bits per heavy atom. The lowest BCUT2D eigenvalue weighted by atomic mass is 9.99. The highest BCUT2D eigenvalue weighted by atomic mass is 16.7. The van der Waals surface area contributed by atoms with E-state index in [1.54, 1.807) is 4.90 Å². The van der Waals surface area contributed by atoms with Crippen LogP contribution in [-0.4, -0.2) is 29.5 Å². The second kappa shape index (κ2) is 8.38. The van der Waals surface area contributed by atoms with Crippen molar-refractivity contribution in [2.45, 2.75) is 58.2 Å². The molecule has 2 heterocycles. The summed E-state index contributed by atoms with van der Waals surface area (Å²) in [6.07, 6.45) is 0.925. The van der Waals surface area contributed by atoms with Gasteiger partial charge in [-0.25, -0.2) is 0 Å². The Morgan fingerprint density at radius 1 is 1.07 bits per heavy atom. The first kappa shape index (κ1) is 20.3. The highest BCUT2D eigenvalue weighted by Gasteiger charge is 2.36. The maximum Gasteiger partial charge on any atom is 0.243 e. The number of fused-ring (bicyclic) bond motifs is 1. The smallest absolute Gasteiger partial charge is 0.243 e. The van der Waals surface area contributed by atoms with Crippen LogP contribution in [0.3, 0.4) is 0 Å². The zero-order chi connectivity index (χ0) is 21.3. The summed E-state index contributed by atoms with van der Waals surface area (Å²) in [6, 6.07) is 13.4. The summed E-state index contributed by atoms with van der Waals surface area (Å²) >= 11 is 0. The van der Waals surface area contributed by atoms with E-state index in [0.717, 1.165) is 11.1 Å². The molecule has 0 saturated carbocycles. The Kier molecular flexibility index (Phi) is 5.66. The van der Waals surface area contributed by atoms with E-state index in [2.05, 4.69) is 43.4 Å². The number of nitrogens with zero attached hydrogens (tertiary/aromatic N) is 1. The fraction of sp³-hybridized carbons (Fsp3) is 0.417. The Morgan fingerprint density at radius 3 is 2.50 bits per heavy atom. The van der Waals surface area contributed by atoms with Crippen LogP contribution in [0.4, 0.5) is 0 Å². The van der Waals surface area contributed by atoms with Gasteiger partial charge >= 0.3 is 0 Å². The molecule has 1 saturated heterocycles. The summed E-state index contributed by atoms with van der Waals surface area (Å²) < 4.78 is 10.8. The average molecular weight is 408 g/mol. The molecule has 2 aliphatic heterocycles.